The van der Waals surface area contributed by atoms with Crippen LogP contribution in [0.25, 0.3) is 0 Å². The van der Waals surface area contributed by atoms with Gasteiger partial charge in [-0.2, -0.15) is 5.01 Å². The van der Waals surface area contributed by atoms with Crippen LogP contribution in [-0.4, -0.2) is 27.7 Å². The fraction of sp³-hybridized carbons (Fsp3) is 0.167. The van der Waals surface area contributed by atoms with Crippen molar-refractivity contribution in [1.29, 1.82) is 0 Å². The zero-order valence-electron chi connectivity index (χ0n) is 15.1. The lowest BCUT2D eigenvalue weighted by atomic mass is 10.1. The van der Waals surface area contributed by atoms with Crippen LogP contribution in [0, 0.1) is 10.1 Å². The Bertz CT molecular complexity index is 1030. The van der Waals surface area contributed by atoms with E-state index in [2.05, 4.69) is 37.0 Å². The Labute approximate surface area is 181 Å². The Kier molecular flexibility index (Phi) is 5.99. The summed E-state index contributed by atoms with van der Waals surface area (Å²) in [5.74, 6) is -0.580. The van der Waals surface area contributed by atoms with E-state index >= 15 is 0 Å². The summed E-state index contributed by atoms with van der Waals surface area (Å²) in [6.07, 6.45) is -1.09. The normalized spacial score (nSPS) is 15.5. The molecule has 2 aromatic carbocycles. The third kappa shape index (κ3) is 4.30. The molecule has 29 heavy (non-hydrogen) atoms. The van der Waals surface area contributed by atoms with Gasteiger partial charge in [0, 0.05) is 25.5 Å². The number of hydrogen-bond donors (Lipinski definition) is 0. The largest absolute Gasteiger partial charge is 0.445 e. The highest BCUT2D eigenvalue weighted by Gasteiger charge is 2.37. The summed E-state index contributed by atoms with van der Waals surface area (Å²) in [7, 11) is 0. The molecule has 0 N–H and O–H groups in total. The quantitative estimate of drug-likeness (QED) is 0.254. The molecule has 1 aliphatic heterocycles. The number of carbonyl (C=O) groups is 2. The van der Waals surface area contributed by atoms with Crippen molar-refractivity contribution in [2.45, 2.75) is 20.1 Å². The molecule has 0 unspecified atom stereocenters. The molecule has 0 saturated carbocycles. The van der Waals surface area contributed by atoms with Gasteiger partial charge in [0.2, 0.25) is 18.0 Å². The van der Waals surface area contributed by atoms with Crippen molar-refractivity contribution in [3.05, 3.63) is 66.6 Å². The lowest BCUT2D eigenvalue weighted by molar-refractivity contribution is -0.386. The van der Waals surface area contributed by atoms with Crippen molar-refractivity contribution in [2.24, 2.45) is 5.10 Å². The first-order valence-electron chi connectivity index (χ1n) is 8.15. The fourth-order valence-corrected chi connectivity index (χ4v) is 4.02. The Morgan fingerprint density at radius 2 is 1.83 bits per heavy atom. The first kappa shape index (κ1) is 20.9. The molecule has 9 nitrogen and oxygen atoms in total. The van der Waals surface area contributed by atoms with Gasteiger partial charge in [0.25, 0.3) is 5.69 Å². The van der Waals surface area contributed by atoms with E-state index in [1.54, 1.807) is 18.2 Å². The van der Waals surface area contributed by atoms with E-state index in [9.17, 15) is 19.7 Å². The standard InChI is InChI=1S/C18H13Br2N3O6/c1-9(24)22-18(12-5-3-4-6-15(12)23(26)27)29-17(21-22)11-7-13(19)16(14(20)8-11)28-10(2)25/h3-8,18H,1-2H3/t18-/m0/s1. The SMILES string of the molecule is CC(=O)Oc1c(Br)cc(C2=NN(C(C)=O)[C@H](c3ccccc3[N+](=O)[O-])O2)cc1Br. The summed E-state index contributed by atoms with van der Waals surface area (Å²) in [6, 6.07) is 9.17. The number of rotatable bonds is 4. The second kappa shape index (κ2) is 8.29. The molecule has 1 atom stereocenters. The van der Waals surface area contributed by atoms with Gasteiger partial charge >= 0.3 is 5.97 Å². The number of ether oxygens (including phenoxy) is 2. The molecule has 11 heteroatoms. The molecule has 150 valence electrons. The molecule has 0 aliphatic carbocycles. The highest BCUT2D eigenvalue weighted by molar-refractivity contribution is 9.11. The van der Waals surface area contributed by atoms with Crippen LogP contribution >= 0.6 is 31.9 Å². The molecule has 2 aromatic rings. The maximum Gasteiger partial charge on any atom is 0.308 e. The van der Waals surface area contributed by atoms with Crippen molar-refractivity contribution in [2.75, 3.05) is 0 Å². The lowest BCUT2D eigenvalue weighted by Gasteiger charge is -2.19. The zero-order valence-corrected chi connectivity index (χ0v) is 18.3. The van der Waals surface area contributed by atoms with E-state index < -0.39 is 23.0 Å². The lowest BCUT2D eigenvalue weighted by Crippen LogP contribution is -2.25. The summed E-state index contributed by atoms with van der Waals surface area (Å²) < 4.78 is 11.9. The maximum atomic E-state index is 12.1. The minimum atomic E-state index is -1.09. The van der Waals surface area contributed by atoms with E-state index in [0.717, 1.165) is 5.01 Å². The van der Waals surface area contributed by atoms with Crippen LogP contribution in [0.3, 0.4) is 0 Å². The van der Waals surface area contributed by atoms with E-state index in [0.29, 0.717) is 14.5 Å². The Morgan fingerprint density at radius 3 is 2.38 bits per heavy atom. The van der Waals surface area contributed by atoms with E-state index in [4.69, 9.17) is 9.47 Å². The molecule has 1 amide bonds. The topological polar surface area (TPSA) is 111 Å². The Morgan fingerprint density at radius 1 is 1.21 bits per heavy atom. The van der Waals surface area contributed by atoms with E-state index in [1.165, 1.54) is 32.0 Å². The molecule has 0 fully saturated rings. The Balaban J connectivity index is 2.01. The maximum absolute atomic E-state index is 12.1. The fourth-order valence-electron chi connectivity index (χ4n) is 2.67. The molecule has 0 bridgehead atoms. The van der Waals surface area contributed by atoms with Crippen LogP contribution in [-0.2, 0) is 14.3 Å². The van der Waals surface area contributed by atoms with Gasteiger partial charge in [-0.3, -0.25) is 19.7 Å². The van der Waals surface area contributed by atoms with Gasteiger partial charge in [-0.15, -0.1) is 5.10 Å². The number of carbonyl (C=O) groups excluding carboxylic acids is 2. The summed E-state index contributed by atoms with van der Waals surface area (Å²) in [6.45, 7) is 2.56. The monoisotopic (exact) mass is 525 g/mol. The van der Waals surface area contributed by atoms with Gasteiger partial charge in [-0.05, 0) is 50.1 Å². The van der Waals surface area contributed by atoms with Gasteiger partial charge in [0.15, 0.2) is 5.75 Å². The number of benzene rings is 2. The summed E-state index contributed by atoms with van der Waals surface area (Å²) in [4.78, 5) is 34.2. The molecule has 0 spiro atoms. The van der Waals surface area contributed by atoms with Crippen LogP contribution in [0.4, 0.5) is 5.69 Å². The summed E-state index contributed by atoms with van der Waals surface area (Å²) in [5, 5.41) is 16.6. The number of nitro benzene ring substituents is 1. The average molecular weight is 527 g/mol. The second-order valence-electron chi connectivity index (χ2n) is 5.92. The minimum absolute atomic E-state index is 0.0825. The third-order valence-corrected chi connectivity index (χ3v) is 5.04. The highest BCUT2D eigenvalue weighted by Crippen LogP contribution is 2.39. The predicted molar refractivity (Wildman–Crippen MR) is 109 cm³/mol. The number of nitrogens with zero attached hydrogens (tertiary/aromatic N) is 3. The molecular formula is C18H13Br2N3O6. The summed E-state index contributed by atoms with van der Waals surface area (Å²) in [5.41, 5.74) is 0.473. The van der Waals surface area contributed by atoms with Crippen molar-refractivity contribution in [1.82, 2.24) is 5.01 Å². The number of hydrogen-bond acceptors (Lipinski definition) is 7. The smallest absolute Gasteiger partial charge is 0.308 e. The van der Waals surface area contributed by atoms with Crippen LogP contribution < -0.4 is 4.74 Å². The third-order valence-electron chi connectivity index (χ3n) is 3.86. The van der Waals surface area contributed by atoms with Crippen molar-refractivity contribution in [3.8, 4) is 5.75 Å². The summed E-state index contributed by atoms with van der Waals surface area (Å²) >= 11 is 6.64. The van der Waals surface area contributed by atoms with Crippen LogP contribution in [0.5, 0.6) is 5.75 Å². The van der Waals surface area contributed by atoms with Gasteiger partial charge in [-0.1, -0.05) is 12.1 Å². The number of amides is 1. The van der Waals surface area contributed by atoms with Crippen LogP contribution in [0.1, 0.15) is 31.2 Å². The van der Waals surface area contributed by atoms with Gasteiger partial charge < -0.3 is 9.47 Å². The molecule has 1 aliphatic rings. The second-order valence-corrected chi connectivity index (χ2v) is 7.63. The molecular weight excluding hydrogens is 514 g/mol. The molecule has 1 heterocycles. The van der Waals surface area contributed by atoms with Crippen molar-refractivity contribution < 1.29 is 24.0 Å². The first-order valence-corrected chi connectivity index (χ1v) is 9.74. The van der Waals surface area contributed by atoms with Crippen molar-refractivity contribution in [3.63, 3.8) is 0 Å². The minimum Gasteiger partial charge on any atom is -0.445 e. The molecule has 3 rings (SSSR count). The number of nitro groups is 1. The van der Waals surface area contributed by atoms with Crippen LogP contribution in [0.15, 0.2) is 50.4 Å². The van der Waals surface area contributed by atoms with Gasteiger partial charge in [-0.25, -0.2) is 0 Å². The van der Waals surface area contributed by atoms with Crippen LogP contribution in [0.2, 0.25) is 0 Å². The van der Waals surface area contributed by atoms with Gasteiger partial charge in [0.1, 0.15) is 0 Å². The first-order chi connectivity index (χ1) is 13.7. The average Bonchev–Trinajstić information content (AvgIpc) is 3.10. The Hall–Kier alpha value is -2.79. The van der Waals surface area contributed by atoms with E-state index in [-0.39, 0.29) is 22.9 Å². The number of esters is 1. The number of para-hydroxylation sites is 1. The van der Waals surface area contributed by atoms with E-state index in [1.807, 2.05) is 0 Å². The molecule has 0 aromatic heterocycles. The van der Waals surface area contributed by atoms with Crippen molar-refractivity contribution >= 4 is 55.3 Å². The molecule has 0 radical (unpaired) electrons. The number of halogens is 2. The highest BCUT2D eigenvalue weighted by atomic mass is 79.9. The molecule has 0 saturated heterocycles. The zero-order chi connectivity index (χ0) is 21.3. The predicted octanol–water partition coefficient (Wildman–Crippen LogP) is 4.28. The number of hydrazone groups is 1. The van der Waals surface area contributed by atoms with Gasteiger partial charge in [0.05, 0.1) is 19.4 Å².